The molecule has 0 aliphatic carbocycles. The molecule has 1 N–H and O–H groups in total. The molecule has 1 aliphatic heterocycles. The van der Waals surface area contributed by atoms with Crippen LogP contribution in [-0.2, 0) is 11.8 Å². The number of aromatic nitrogens is 2. The normalized spacial score (nSPS) is 19.8. The molecule has 0 bridgehead atoms. The van der Waals surface area contributed by atoms with Gasteiger partial charge in [0, 0.05) is 51.5 Å². The van der Waals surface area contributed by atoms with E-state index < -0.39 is 0 Å². The first kappa shape index (κ1) is 18.7. The van der Waals surface area contributed by atoms with Gasteiger partial charge in [0.25, 0.3) is 0 Å². The van der Waals surface area contributed by atoms with Gasteiger partial charge in [0.1, 0.15) is 0 Å². The van der Waals surface area contributed by atoms with Crippen LogP contribution >= 0.6 is 0 Å². The first-order valence-electron chi connectivity index (χ1n) is 8.73. The van der Waals surface area contributed by atoms with Crippen molar-refractivity contribution in [2.24, 2.45) is 18.0 Å². The molecule has 136 valence electrons. The molecule has 24 heavy (non-hydrogen) atoms. The van der Waals surface area contributed by atoms with Crippen LogP contribution in [0.25, 0.3) is 0 Å². The van der Waals surface area contributed by atoms with Crippen LogP contribution in [0.3, 0.4) is 0 Å². The van der Waals surface area contributed by atoms with Crippen LogP contribution in [0.4, 0.5) is 0 Å². The third-order valence-corrected chi connectivity index (χ3v) is 4.40. The summed E-state index contributed by atoms with van der Waals surface area (Å²) in [6, 6.07) is 0.218. The molecule has 2 atom stereocenters. The third kappa shape index (κ3) is 5.21. The average Bonchev–Trinajstić information content (AvgIpc) is 3.18. The van der Waals surface area contributed by atoms with E-state index in [0.29, 0.717) is 12.5 Å². The molecule has 1 fully saturated rings. The van der Waals surface area contributed by atoms with E-state index in [-0.39, 0.29) is 6.04 Å². The van der Waals surface area contributed by atoms with E-state index in [1.54, 1.807) is 0 Å². The number of nitrogens with one attached hydrogen (secondary N) is 1. The second-order valence-corrected chi connectivity index (χ2v) is 6.73. The van der Waals surface area contributed by atoms with Crippen LogP contribution in [-0.4, -0.2) is 79.5 Å². The minimum absolute atomic E-state index is 0.218. The quantitative estimate of drug-likeness (QED) is 0.594. The Kier molecular flexibility index (Phi) is 7.05. The van der Waals surface area contributed by atoms with Crippen LogP contribution in [0.2, 0.25) is 0 Å². The Labute approximate surface area is 145 Å². The van der Waals surface area contributed by atoms with Crippen molar-refractivity contribution in [2.45, 2.75) is 19.4 Å². The van der Waals surface area contributed by atoms with Crippen molar-refractivity contribution in [3.05, 3.63) is 18.0 Å². The van der Waals surface area contributed by atoms with Gasteiger partial charge in [-0.25, -0.2) is 0 Å². The van der Waals surface area contributed by atoms with Gasteiger partial charge in [0.2, 0.25) is 0 Å². The molecule has 1 saturated heterocycles. The fourth-order valence-corrected chi connectivity index (χ4v) is 3.02. The van der Waals surface area contributed by atoms with Crippen molar-refractivity contribution in [1.82, 2.24) is 24.9 Å². The van der Waals surface area contributed by atoms with Gasteiger partial charge in [0.05, 0.1) is 25.4 Å². The van der Waals surface area contributed by atoms with E-state index in [4.69, 9.17) is 9.73 Å². The van der Waals surface area contributed by atoms with Crippen molar-refractivity contribution < 1.29 is 4.74 Å². The molecule has 7 nitrogen and oxygen atoms in total. The number of likely N-dealkylation sites (N-methyl/N-ethyl adjacent to an activating group) is 1. The van der Waals surface area contributed by atoms with E-state index in [0.717, 1.165) is 38.7 Å². The molecule has 0 radical (unpaired) electrons. The first-order chi connectivity index (χ1) is 11.5. The molecule has 0 saturated carbocycles. The largest absolute Gasteiger partial charge is 0.381 e. The molecule has 1 aromatic heterocycles. The van der Waals surface area contributed by atoms with Crippen molar-refractivity contribution in [3.63, 3.8) is 0 Å². The van der Waals surface area contributed by atoms with Gasteiger partial charge in [-0.1, -0.05) is 0 Å². The second-order valence-electron chi connectivity index (χ2n) is 6.73. The number of hydrogen-bond acceptors (Lipinski definition) is 4. The Morgan fingerprint density at radius 1 is 1.50 bits per heavy atom. The predicted octanol–water partition coefficient (Wildman–Crippen LogP) is 0.957. The van der Waals surface area contributed by atoms with Crippen LogP contribution in [0, 0.1) is 5.92 Å². The molecule has 0 amide bonds. The highest BCUT2D eigenvalue weighted by atomic mass is 16.5. The summed E-state index contributed by atoms with van der Waals surface area (Å²) < 4.78 is 7.32. The van der Waals surface area contributed by atoms with E-state index in [2.05, 4.69) is 54.5 Å². The van der Waals surface area contributed by atoms with E-state index >= 15 is 0 Å². The maximum absolute atomic E-state index is 5.48. The molecule has 2 rings (SSSR count). The molecule has 2 unspecified atom stereocenters. The highest BCUT2D eigenvalue weighted by Crippen LogP contribution is 2.18. The maximum atomic E-state index is 5.48. The Morgan fingerprint density at radius 3 is 2.83 bits per heavy atom. The molecule has 1 aromatic rings. The summed E-state index contributed by atoms with van der Waals surface area (Å²) >= 11 is 0. The van der Waals surface area contributed by atoms with Crippen molar-refractivity contribution in [1.29, 1.82) is 0 Å². The lowest BCUT2D eigenvalue weighted by Gasteiger charge is -2.26. The zero-order chi connectivity index (χ0) is 17.5. The average molecular weight is 336 g/mol. The van der Waals surface area contributed by atoms with Crippen LogP contribution in [0.5, 0.6) is 0 Å². The number of hydrogen-bond donors (Lipinski definition) is 1. The lowest BCUT2D eigenvalue weighted by Crippen LogP contribution is -2.42. The Morgan fingerprint density at radius 2 is 2.29 bits per heavy atom. The number of guanidine groups is 1. The van der Waals surface area contributed by atoms with Gasteiger partial charge in [-0.05, 0) is 27.4 Å². The number of aliphatic imine (C=N–C) groups is 1. The molecule has 1 aliphatic rings. The molecule has 2 heterocycles. The summed E-state index contributed by atoms with van der Waals surface area (Å²) in [5, 5.41) is 7.69. The maximum Gasteiger partial charge on any atom is 0.193 e. The highest BCUT2D eigenvalue weighted by Gasteiger charge is 2.20. The number of nitrogens with zero attached hydrogens (tertiary/aromatic N) is 5. The fourth-order valence-electron chi connectivity index (χ4n) is 3.02. The molecule has 7 heteroatoms. The molecule has 0 aromatic carbocycles. The lowest BCUT2D eigenvalue weighted by atomic mass is 10.1. The smallest absolute Gasteiger partial charge is 0.193 e. The monoisotopic (exact) mass is 336 g/mol. The Balaban J connectivity index is 2.04. The minimum Gasteiger partial charge on any atom is -0.381 e. The summed E-state index contributed by atoms with van der Waals surface area (Å²) in [7, 11) is 8.22. The van der Waals surface area contributed by atoms with Gasteiger partial charge in [-0.2, -0.15) is 5.10 Å². The van der Waals surface area contributed by atoms with Gasteiger partial charge < -0.3 is 19.9 Å². The fraction of sp³-hybridized carbons (Fsp3) is 0.765. The summed E-state index contributed by atoms with van der Waals surface area (Å²) in [4.78, 5) is 9.29. The van der Waals surface area contributed by atoms with E-state index in [1.165, 1.54) is 5.56 Å². The summed E-state index contributed by atoms with van der Waals surface area (Å²) in [5.74, 6) is 1.56. The standard InChI is InChI=1S/C17H32N6O/c1-6-18-17(22(4)11-14-7-8-24-13-14)19-10-16(21(2)3)15-9-20-23(5)12-15/h9,12,14,16H,6-8,10-11,13H2,1-5H3,(H,18,19). The molecule has 0 spiro atoms. The van der Waals surface area contributed by atoms with E-state index in [1.807, 2.05) is 17.9 Å². The molecular weight excluding hydrogens is 304 g/mol. The number of rotatable bonds is 7. The minimum atomic E-state index is 0.218. The van der Waals surface area contributed by atoms with Crippen molar-refractivity contribution >= 4 is 5.96 Å². The van der Waals surface area contributed by atoms with Gasteiger partial charge >= 0.3 is 0 Å². The first-order valence-corrected chi connectivity index (χ1v) is 8.73. The zero-order valence-corrected chi connectivity index (χ0v) is 15.7. The van der Waals surface area contributed by atoms with Crippen molar-refractivity contribution in [3.8, 4) is 0 Å². The second kappa shape index (κ2) is 9.03. The number of aryl methyl sites for hydroxylation is 1. The Bertz CT molecular complexity index is 521. The summed E-state index contributed by atoms with van der Waals surface area (Å²) in [6.07, 6.45) is 5.12. The summed E-state index contributed by atoms with van der Waals surface area (Å²) in [5.41, 5.74) is 1.19. The number of ether oxygens (including phenoxy) is 1. The zero-order valence-electron chi connectivity index (χ0n) is 15.7. The van der Waals surface area contributed by atoms with Gasteiger partial charge in [0.15, 0.2) is 5.96 Å². The highest BCUT2D eigenvalue weighted by molar-refractivity contribution is 5.79. The third-order valence-electron chi connectivity index (χ3n) is 4.40. The lowest BCUT2D eigenvalue weighted by molar-refractivity contribution is 0.181. The van der Waals surface area contributed by atoms with Crippen LogP contribution in [0.1, 0.15) is 24.9 Å². The Hall–Kier alpha value is -1.60. The van der Waals surface area contributed by atoms with Crippen LogP contribution < -0.4 is 5.32 Å². The van der Waals surface area contributed by atoms with Crippen molar-refractivity contribution in [2.75, 3.05) is 54.0 Å². The van der Waals surface area contributed by atoms with E-state index in [9.17, 15) is 0 Å². The summed E-state index contributed by atoms with van der Waals surface area (Å²) in [6.45, 7) is 6.39. The topological polar surface area (TPSA) is 57.9 Å². The SMILES string of the molecule is CCNC(=NCC(c1cnn(C)c1)N(C)C)N(C)CC1CCOC1. The van der Waals surface area contributed by atoms with Gasteiger partial charge in [-0.3, -0.25) is 9.67 Å². The van der Waals surface area contributed by atoms with Crippen LogP contribution in [0.15, 0.2) is 17.4 Å². The molecular formula is C17H32N6O. The predicted molar refractivity (Wildman–Crippen MR) is 97.2 cm³/mol. The van der Waals surface area contributed by atoms with Gasteiger partial charge in [-0.15, -0.1) is 0 Å².